The molecule has 0 bridgehead atoms. The van der Waals surface area contributed by atoms with Crippen LogP contribution in [0.3, 0.4) is 0 Å². The highest BCUT2D eigenvalue weighted by Crippen LogP contribution is 2.21. The highest BCUT2D eigenvalue weighted by Gasteiger charge is 2.15. The molecule has 2 aromatic heterocycles. The van der Waals surface area contributed by atoms with Crippen molar-refractivity contribution in [3.63, 3.8) is 0 Å². The number of hydrogen-bond acceptors (Lipinski definition) is 4. The number of nitrogens with zero attached hydrogens (tertiary/aromatic N) is 1. The van der Waals surface area contributed by atoms with Gasteiger partial charge in [-0.1, -0.05) is 11.6 Å². The molecule has 3 N–H and O–H groups in total. The minimum atomic E-state index is -0.323. The first kappa shape index (κ1) is 13.9. The van der Waals surface area contributed by atoms with E-state index in [0.717, 1.165) is 0 Å². The van der Waals surface area contributed by atoms with Gasteiger partial charge in [0.15, 0.2) is 5.11 Å². The number of nitrogens with two attached hydrogens (primary N) is 1. The second-order valence-corrected chi connectivity index (χ2v) is 5.68. The fourth-order valence-electron chi connectivity index (χ4n) is 1.34. The van der Waals surface area contributed by atoms with Crippen LogP contribution in [0.25, 0.3) is 0 Å². The number of thiophene rings is 1. The van der Waals surface area contributed by atoms with Crippen molar-refractivity contribution in [1.29, 1.82) is 0 Å². The SMILES string of the molecule is NC(=S)N(Cc1ccco1)NC(=O)c1ccc(Cl)s1. The Balaban J connectivity index is 2.04. The molecule has 19 heavy (non-hydrogen) atoms. The monoisotopic (exact) mass is 315 g/mol. The lowest BCUT2D eigenvalue weighted by Gasteiger charge is -2.21. The number of furan rings is 1. The lowest BCUT2D eigenvalue weighted by molar-refractivity contribution is 0.0865. The van der Waals surface area contributed by atoms with Crippen molar-refractivity contribution in [3.05, 3.63) is 45.5 Å². The van der Waals surface area contributed by atoms with E-state index in [1.54, 1.807) is 24.3 Å². The molecule has 0 saturated heterocycles. The van der Waals surface area contributed by atoms with Crippen molar-refractivity contribution in [2.45, 2.75) is 6.54 Å². The number of halogens is 1. The highest BCUT2D eigenvalue weighted by atomic mass is 35.5. The smallest absolute Gasteiger partial charge is 0.279 e. The topological polar surface area (TPSA) is 71.5 Å². The fraction of sp³-hybridized carbons (Fsp3) is 0.0909. The minimum Gasteiger partial charge on any atom is -0.467 e. The molecule has 0 spiro atoms. The maximum Gasteiger partial charge on any atom is 0.279 e. The zero-order chi connectivity index (χ0) is 13.8. The molecule has 0 aliphatic rings. The molecule has 5 nitrogen and oxygen atoms in total. The average molecular weight is 316 g/mol. The molecule has 0 unspecified atom stereocenters. The second-order valence-electron chi connectivity index (χ2n) is 3.55. The van der Waals surface area contributed by atoms with E-state index in [-0.39, 0.29) is 17.6 Å². The summed E-state index contributed by atoms with van der Waals surface area (Å²) in [7, 11) is 0. The van der Waals surface area contributed by atoms with E-state index in [0.29, 0.717) is 15.0 Å². The van der Waals surface area contributed by atoms with Crippen LogP contribution in [0.1, 0.15) is 15.4 Å². The number of rotatable bonds is 3. The first-order valence-corrected chi connectivity index (χ1v) is 6.82. The van der Waals surface area contributed by atoms with Gasteiger partial charge in [-0.3, -0.25) is 15.2 Å². The zero-order valence-corrected chi connectivity index (χ0v) is 12.0. The van der Waals surface area contributed by atoms with Gasteiger partial charge in [-0.25, -0.2) is 0 Å². The minimum absolute atomic E-state index is 0.0485. The lowest BCUT2D eigenvalue weighted by Crippen LogP contribution is -2.47. The Bertz CT molecular complexity index is 583. The molecule has 0 saturated carbocycles. The number of carbonyl (C=O) groups is 1. The van der Waals surface area contributed by atoms with E-state index in [1.165, 1.54) is 22.6 Å². The quantitative estimate of drug-likeness (QED) is 0.672. The molecule has 2 aromatic rings. The van der Waals surface area contributed by atoms with Crippen LogP contribution < -0.4 is 11.2 Å². The number of amides is 1. The largest absolute Gasteiger partial charge is 0.467 e. The van der Waals surface area contributed by atoms with Crippen molar-refractivity contribution >= 4 is 46.2 Å². The van der Waals surface area contributed by atoms with Crippen LogP contribution in [0.5, 0.6) is 0 Å². The van der Waals surface area contributed by atoms with Crippen LogP contribution >= 0.6 is 35.2 Å². The summed E-state index contributed by atoms with van der Waals surface area (Å²) < 4.78 is 5.72. The van der Waals surface area contributed by atoms with E-state index >= 15 is 0 Å². The molecule has 2 heterocycles. The third-order valence-corrected chi connectivity index (χ3v) is 3.64. The van der Waals surface area contributed by atoms with Gasteiger partial charge in [0, 0.05) is 0 Å². The predicted octanol–water partition coefficient (Wildman–Crippen LogP) is 2.39. The number of carbonyl (C=O) groups excluding carboxylic acids is 1. The van der Waals surface area contributed by atoms with Gasteiger partial charge >= 0.3 is 0 Å². The Morgan fingerprint density at radius 3 is 2.84 bits per heavy atom. The third-order valence-electron chi connectivity index (χ3n) is 2.19. The Morgan fingerprint density at radius 1 is 1.53 bits per heavy atom. The van der Waals surface area contributed by atoms with E-state index in [2.05, 4.69) is 5.43 Å². The first-order valence-electron chi connectivity index (χ1n) is 5.22. The normalized spacial score (nSPS) is 10.2. The van der Waals surface area contributed by atoms with E-state index in [4.69, 9.17) is 34.0 Å². The second kappa shape index (κ2) is 6.05. The summed E-state index contributed by atoms with van der Waals surface area (Å²) in [6.07, 6.45) is 1.54. The first-order chi connectivity index (χ1) is 9.06. The van der Waals surface area contributed by atoms with Crippen LogP contribution in [-0.2, 0) is 6.54 Å². The molecule has 8 heteroatoms. The maximum absolute atomic E-state index is 12.0. The zero-order valence-electron chi connectivity index (χ0n) is 9.63. The standard InChI is InChI=1S/C11H10ClN3O2S2/c12-9-4-3-8(19-9)10(16)14-15(11(13)18)6-7-2-1-5-17-7/h1-5H,6H2,(H2,13,18)(H,14,16). The molecular formula is C11H10ClN3O2S2. The highest BCUT2D eigenvalue weighted by molar-refractivity contribution is 7.80. The van der Waals surface area contributed by atoms with Crippen molar-refractivity contribution in [2.24, 2.45) is 5.73 Å². The summed E-state index contributed by atoms with van der Waals surface area (Å²) in [6.45, 7) is 0.257. The van der Waals surface area contributed by atoms with Crippen LogP contribution in [0.4, 0.5) is 0 Å². The van der Waals surface area contributed by atoms with E-state index in [9.17, 15) is 4.79 Å². The van der Waals surface area contributed by atoms with Crippen LogP contribution in [0.15, 0.2) is 34.9 Å². The number of thiocarbonyl (C=S) groups is 1. The van der Waals surface area contributed by atoms with Gasteiger partial charge in [0.05, 0.1) is 22.0 Å². The summed E-state index contributed by atoms with van der Waals surface area (Å²) >= 11 is 11.8. The van der Waals surface area contributed by atoms with Gasteiger partial charge in [0.2, 0.25) is 0 Å². The molecule has 0 radical (unpaired) electrons. The van der Waals surface area contributed by atoms with Gasteiger partial charge < -0.3 is 10.2 Å². The van der Waals surface area contributed by atoms with Gasteiger partial charge in [0.1, 0.15) is 5.76 Å². The van der Waals surface area contributed by atoms with Gasteiger partial charge in [-0.05, 0) is 36.5 Å². The Labute approximate surface area is 123 Å². The van der Waals surface area contributed by atoms with E-state index < -0.39 is 0 Å². The number of nitrogens with one attached hydrogen (secondary N) is 1. The molecule has 100 valence electrons. The lowest BCUT2D eigenvalue weighted by atomic mass is 10.4. The van der Waals surface area contributed by atoms with Crippen LogP contribution in [-0.4, -0.2) is 16.0 Å². The van der Waals surface area contributed by atoms with Crippen LogP contribution in [0.2, 0.25) is 4.34 Å². The summed E-state index contributed by atoms with van der Waals surface area (Å²) in [5, 5.41) is 1.39. The molecule has 2 rings (SSSR count). The van der Waals surface area contributed by atoms with Crippen LogP contribution in [0, 0.1) is 0 Å². The summed E-state index contributed by atoms with van der Waals surface area (Å²) in [4.78, 5) is 12.4. The number of hydrazine groups is 1. The molecule has 0 fully saturated rings. The third kappa shape index (κ3) is 3.69. The number of hydrogen-bond donors (Lipinski definition) is 2. The molecule has 0 aromatic carbocycles. The molecule has 0 atom stereocenters. The van der Waals surface area contributed by atoms with Crippen molar-refractivity contribution in [1.82, 2.24) is 10.4 Å². The van der Waals surface area contributed by atoms with Crippen molar-refractivity contribution < 1.29 is 9.21 Å². The van der Waals surface area contributed by atoms with Gasteiger partial charge in [-0.2, -0.15) is 0 Å². The Hall–Kier alpha value is -1.57. The average Bonchev–Trinajstić information content (AvgIpc) is 2.99. The fourth-order valence-corrected chi connectivity index (χ4v) is 2.39. The molecule has 0 aliphatic carbocycles. The summed E-state index contributed by atoms with van der Waals surface area (Å²) in [5.74, 6) is 0.313. The summed E-state index contributed by atoms with van der Waals surface area (Å²) in [5.41, 5.74) is 8.17. The van der Waals surface area contributed by atoms with E-state index in [1.807, 2.05) is 0 Å². The molecule has 0 aliphatic heterocycles. The Morgan fingerprint density at radius 2 is 2.32 bits per heavy atom. The van der Waals surface area contributed by atoms with Crippen molar-refractivity contribution in [3.8, 4) is 0 Å². The Kier molecular flexibility index (Phi) is 4.41. The van der Waals surface area contributed by atoms with Gasteiger partial charge in [-0.15, -0.1) is 11.3 Å². The van der Waals surface area contributed by atoms with Crippen molar-refractivity contribution in [2.75, 3.05) is 0 Å². The van der Waals surface area contributed by atoms with Gasteiger partial charge in [0.25, 0.3) is 5.91 Å². The maximum atomic E-state index is 12.0. The molecular weight excluding hydrogens is 306 g/mol. The summed E-state index contributed by atoms with van der Waals surface area (Å²) in [6, 6.07) is 6.79. The molecule has 1 amide bonds. The predicted molar refractivity (Wildman–Crippen MR) is 77.8 cm³/mol.